The molecule has 2 rings (SSSR count). The van der Waals surface area contributed by atoms with Crippen LogP contribution in [0.25, 0.3) is 0 Å². The van der Waals surface area contributed by atoms with Gasteiger partial charge in [-0.25, -0.2) is 0 Å². The van der Waals surface area contributed by atoms with Crippen LogP contribution in [0, 0.1) is 0 Å². The van der Waals surface area contributed by atoms with Crippen molar-refractivity contribution < 1.29 is 24.8 Å². The number of ether oxygens (including phenoxy) is 2. The molecule has 6 heteroatoms. The van der Waals surface area contributed by atoms with E-state index < -0.39 is 12.2 Å². The number of aliphatic hydroxyl groups excluding tert-OH is 3. The molecule has 0 spiro atoms. The average molecular weight is 364 g/mol. The Hall–Kier alpha value is -1.73. The van der Waals surface area contributed by atoms with E-state index in [-0.39, 0.29) is 13.2 Å². The Labute approximate surface area is 152 Å². The highest BCUT2D eigenvalue weighted by Gasteiger charge is 2.05. The molecule has 0 saturated heterocycles. The summed E-state index contributed by atoms with van der Waals surface area (Å²) < 4.78 is 10.9. The normalized spacial score (nSPS) is 13.3. The van der Waals surface area contributed by atoms with E-state index in [1.807, 2.05) is 55.5 Å². The molecular weight excluding hydrogens is 340 g/mol. The lowest BCUT2D eigenvalue weighted by Gasteiger charge is -2.11. The zero-order valence-corrected chi connectivity index (χ0v) is 15.0. The van der Waals surface area contributed by atoms with E-state index in [4.69, 9.17) is 14.6 Å². The molecule has 2 unspecified atom stereocenters. The molecule has 3 N–H and O–H groups in total. The Balaban J connectivity index is 1.85. The molecule has 0 saturated carbocycles. The van der Waals surface area contributed by atoms with Crippen molar-refractivity contribution in [1.29, 1.82) is 0 Å². The first-order valence-corrected chi connectivity index (χ1v) is 9.03. The van der Waals surface area contributed by atoms with Gasteiger partial charge in [-0.15, -0.1) is 0 Å². The zero-order chi connectivity index (χ0) is 18.1. The quantitative estimate of drug-likeness (QED) is 0.602. The summed E-state index contributed by atoms with van der Waals surface area (Å²) in [6.07, 6.45) is -0.631. The third kappa shape index (κ3) is 6.96. The molecule has 0 aliphatic carbocycles. The summed E-state index contributed by atoms with van der Waals surface area (Å²) in [5, 5.41) is 27.5. The van der Waals surface area contributed by atoms with Crippen molar-refractivity contribution in [3.8, 4) is 11.5 Å². The fourth-order valence-corrected chi connectivity index (χ4v) is 2.72. The predicted octanol–water partition coefficient (Wildman–Crippen LogP) is 2.72. The van der Waals surface area contributed by atoms with Crippen LogP contribution in [0.5, 0.6) is 11.5 Å². The lowest BCUT2D eigenvalue weighted by molar-refractivity contribution is 0.0536. The van der Waals surface area contributed by atoms with Gasteiger partial charge in [0.15, 0.2) is 0 Å². The van der Waals surface area contributed by atoms with Crippen LogP contribution in [0.15, 0.2) is 58.3 Å². The van der Waals surface area contributed by atoms with E-state index in [0.717, 1.165) is 15.5 Å². The van der Waals surface area contributed by atoms with Crippen molar-refractivity contribution >= 4 is 11.8 Å². The van der Waals surface area contributed by atoms with Gasteiger partial charge in [0.1, 0.15) is 30.8 Å². The topological polar surface area (TPSA) is 79.2 Å². The summed E-state index contributed by atoms with van der Waals surface area (Å²) in [4.78, 5) is 2.14. The first kappa shape index (κ1) is 19.6. The Kier molecular flexibility index (Phi) is 8.08. The van der Waals surface area contributed by atoms with E-state index in [1.165, 1.54) is 0 Å². The Morgan fingerprint density at radius 1 is 0.800 bits per heavy atom. The summed E-state index contributed by atoms with van der Waals surface area (Å²) in [6, 6.07) is 15.3. The maximum absolute atomic E-state index is 9.51. The van der Waals surface area contributed by atoms with Crippen LogP contribution >= 0.6 is 11.8 Å². The number of hydrogen-bond acceptors (Lipinski definition) is 6. The molecule has 0 aromatic heterocycles. The molecule has 2 atom stereocenters. The molecule has 0 aliphatic rings. The number of aliphatic hydroxyl groups is 3. The van der Waals surface area contributed by atoms with Gasteiger partial charge >= 0.3 is 0 Å². The molecule has 2 aromatic carbocycles. The molecular formula is C19H24O5S. The summed E-state index contributed by atoms with van der Waals surface area (Å²) in [5.74, 6) is 1.39. The minimum absolute atomic E-state index is 0.0666. The molecule has 136 valence electrons. The smallest absolute Gasteiger partial charge is 0.119 e. The van der Waals surface area contributed by atoms with Crippen molar-refractivity contribution in [2.45, 2.75) is 35.3 Å². The van der Waals surface area contributed by atoms with Gasteiger partial charge in [0.2, 0.25) is 0 Å². The zero-order valence-electron chi connectivity index (χ0n) is 14.2. The summed E-state index contributed by atoms with van der Waals surface area (Å²) in [6.45, 7) is 1.97. The fourth-order valence-electron chi connectivity index (χ4n) is 1.90. The van der Waals surface area contributed by atoms with Gasteiger partial charge in [0.05, 0.1) is 12.7 Å². The molecule has 25 heavy (non-hydrogen) atoms. The van der Waals surface area contributed by atoms with Crippen molar-refractivity contribution in [1.82, 2.24) is 0 Å². The van der Waals surface area contributed by atoms with Crippen molar-refractivity contribution in [2.75, 3.05) is 19.8 Å². The monoisotopic (exact) mass is 364 g/mol. The van der Waals surface area contributed by atoms with Gasteiger partial charge in [-0.2, -0.15) is 0 Å². The van der Waals surface area contributed by atoms with Gasteiger partial charge in [0, 0.05) is 9.79 Å². The first-order valence-electron chi connectivity index (χ1n) is 8.21. The summed E-state index contributed by atoms with van der Waals surface area (Å²) >= 11 is 1.61. The largest absolute Gasteiger partial charge is 0.491 e. The van der Waals surface area contributed by atoms with Crippen LogP contribution in [-0.2, 0) is 0 Å². The number of rotatable bonds is 10. The molecule has 0 fully saturated rings. The van der Waals surface area contributed by atoms with Crippen molar-refractivity contribution in [2.24, 2.45) is 0 Å². The van der Waals surface area contributed by atoms with Gasteiger partial charge in [0.25, 0.3) is 0 Å². The minimum Gasteiger partial charge on any atom is -0.491 e. The molecule has 5 nitrogen and oxygen atoms in total. The lowest BCUT2D eigenvalue weighted by atomic mass is 10.3. The highest BCUT2D eigenvalue weighted by molar-refractivity contribution is 7.99. The average Bonchev–Trinajstić information content (AvgIpc) is 2.66. The van der Waals surface area contributed by atoms with Crippen molar-refractivity contribution in [3.05, 3.63) is 48.5 Å². The molecule has 0 bridgehead atoms. The standard InChI is InChI=1S/C19H24O5S/c1-2-14(21)12-23-16-3-7-18(8-4-16)25-19-9-5-17(6-10-19)24-13-15(22)11-20/h3-10,14-15,20-22H,2,11-13H2,1H3. The molecule has 0 heterocycles. The molecule has 2 aromatic rings. The van der Waals surface area contributed by atoms with Crippen molar-refractivity contribution in [3.63, 3.8) is 0 Å². The highest BCUT2D eigenvalue weighted by Crippen LogP contribution is 2.30. The predicted molar refractivity (Wildman–Crippen MR) is 97.4 cm³/mol. The highest BCUT2D eigenvalue weighted by atomic mass is 32.2. The van der Waals surface area contributed by atoms with E-state index in [1.54, 1.807) is 11.8 Å². The minimum atomic E-state index is -0.867. The second kappa shape index (κ2) is 10.3. The maximum atomic E-state index is 9.51. The second-order valence-electron chi connectivity index (χ2n) is 5.57. The van der Waals surface area contributed by atoms with Crippen LogP contribution in [0.3, 0.4) is 0 Å². The van der Waals surface area contributed by atoms with Gasteiger partial charge in [-0.05, 0) is 55.0 Å². The summed E-state index contributed by atoms with van der Waals surface area (Å²) in [7, 11) is 0. The lowest BCUT2D eigenvalue weighted by Crippen LogP contribution is -2.21. The molecule has 0 radical (unpaired) electrons. The second-order valence-corrected chi connectivity index (χ2v) is 6.71. The molecule has 0 aliphatic heterocycles. The third-order valence-corrected chi connectivity index (χ3v) is 4.47. The maximum Gasteiger partial charge on any atom is 0.119 e. The van der Waals surface area contributed by atoms with Gasteiger partial charge < -0.3 is 24.8 Å². The van der Waals surface area contributed by atoms with Crippen LogP contribution in [0.2, 0.25) is 0 Å². The van der Waals surface area contributed by atoms with E-state index >= 15 is 0 Å². The van der Waals surface area contributed by atoms with Crippen LogP contribution in [0.4, 0.5) is 0 Å². The Bertz CT molecular complexity index is 559. The van der Waals surface area contributed by atoms with Crippen LogP contribution in [-0.4, -0.2) is 47.3 Å². The SMILES string of the molecule is CCC(O)COc1ccc(Sc2ccc(OCC(O)CO)cc2)cc1. The van der Waals surface area contributed by atoms with Crippen LogP contribution < -0.4 is 9.47 Å². The first-order chi connectivity index (χ1) is 12.1. The van der Waals surface area contributed by atoms with E-state index in [9.17, 15) is 10.2 Å². The van der Waals surface area contributed by atoms with Gasteiger partial charge in [-0.1, -0.05) is 18.7 Å². The molecule has 0 amide bonds. The van der Waals surface area contributed by atoms with Gasteiger partial charge in [-0.3, -0.25) is 0 Å². The number of benzene rings is 2. The third-order valence-electron chi connectivity index (χ3n) is 3.45. The van der Waals surface area contributed by atoms with E-state index in [0.29, 0.717) is 18.8 Å². The Morgan fingerprint density at radius 3 is 1.64 bits per heavy atom. The Morgan fingerprint density at radius 2 is 1.24 bits per heavy atom. The number of hydrogen-bond donors (Lipinski definition) is 3. The van der Waals surface area contributed by atoms with Crippen LogP contribution in [0.1, 0.15) is 13.3 Å². The van der Waals surface area contributed by atoms with E-state index in [2.05, 4.69) is 0 Å². The summed E-state index contributed by atoms with van der Waals surface area (Å²) in [5.41, 5.74) is 0. The fraction of sp³-hybridized carbons (Fsp3) is 0.368.